The van der Waals surface area contributed by atoms with E-state index < -0.39 is 14.0 Å². The quantitative estimate of drug-likeness (QED) is 0.285. The van der Waals surface area contributed by atoms with Crippen LogP contribution >= 0.6 is 22.6 Å². The van der Waals surface area contributed by atoms with Crippen LogP contribution in [0.4, 0.5) is 0 Å². The highest BCUT2D eigenvalue weighted by Crippen LogP contribution is 2.13. The van der Waals surface area contributed by atoms with Crippen molar-refractivity contribution in [2.24, 2.45) is 0 Å². The van der Waals surface area contributed by atoms with E-state index in [1.54, 1.807) is 19.9 Å². The van der Waals surface area contributed by atoms with Gasteiger partial charge < -0.3 is 9.47 Å². The Balaban J connectivity index is 2.94. The lowest BCUT2D eigenvalue weighted by molar-refractivity contribution is 0.0519. The molecule has 0 atom stereocenters. The Hall–Kier alpha value is -0.673. The molecule has 0 aromatic carbocycles. The summed E-state index contributed by atoms with van der Waals surface area (Å²) < 4.78 is 12.7. The number of ether oxygens (including phenoxy) is 2. The summed E-state index contributed by atoms with van der Waals surface area (Å²) in [5.41, 5.74) is 0.857. The van der Waals surface area contributed by atoms with Crippen molar-refractivity contribution in [2.45, 2.75) is 46.3 Å². The van der Waals surface area contributed by atoms with Crippen LogP contribution in [0.1, 0.15) is 23.0 Å². The second kappa shape index (κ2) is 8.26. The summed E-state index contributed by atoms with van der Waals surface area (Å²) in [7, 11) is -1.16. The first-order valence-corrected chi connectivity index (χ1v) is 12.1. The van der Waals surface area contributed by atoms with E-state index in [1.807, 2.05) is 22.6 Å². The summed E-state index contributed by atoms with van der Waals surface area (Å²) in [6, 6.07) is 2.62. The predicted octanol–water partition coefficient (Wildman–Crippen LogP) is 3.25. The zero-order chi connectivity index (χ0) is 16.9. The topological polar surface area (TPSA) is 57.5 Å². The van der Waals surface area contributed by atoms with Crippen molar-refractivity contribution in [3.8, 4) is 0 Å². The van der Waals surface area contributed by atoms with E-state index in [1.165, 1.54) is 4.57 Å². The van der Waals surface area contributed by atoms with E-state index in [0.29, 0.717) is 28.0 Å². The molecule has 22 heavy (non-hydrogen) atoms. The summed E-state index contributed by atoms with van der Waals surface area (Å²) in [5, 5.41) is 0. The molecule has 0 bridgehead atoms. The Morgan fingerprint density at radius 2 is 2.00 bits per heavy atom. The molecule has 0 amide bonds. The van der Waals surface area contributed by atoms with Gasteiger partial charge in [0, 0.05) is 20.4 Å². The number of hydrogen-bond donors (Lipinski definition) is 0. The maximum atomic E-state index is 12.2. The smallest absolute Gasteiger partial charge is 0.339 e. The Bertz CT molecular complexity index is 592. The van der Waals surface area contributed by atoms with E-state index in [2.05, 4.69) is 19.6 Å². The highest BCUT2D eigenvalue weighted by atomic mass is 127. The summed E-state index contributed by atoms with van der Waals surface area (Å²) in [4.78, 5) is 24.2. The number of nitrogens with zero attached hydrogens (tertiary/aromatic N) is 1. The van der Waals surface area contributed by atoms with Gasteiger partial charge in [-0.15, -0.1) is 0 Å². The van der Waals surface area contributed by atoms with Crippen LogP contribution in [0.2, 0.25) is 25.7 Å². The number of carbonyl (C=O) groups excluding carboxylic acids is 1. The summed E-state index contributed by atoms with van der Waals surface area (Å²) in [6.45, 7) is 11.4. The molecule has 0 aliphatic rings. The zero-order valence-corrected chi connectivity index (χ0v) is 17.0. The average molecular weight is 437 g/mol. The number of pyridine rings is 1. The van der Waals surface area contributed by atoms with Gasteiger partial charge in [-0.25, -0.2) is 4.79 Å². The molecule has 0 saturated heterocycles. The van der Waals surface area contributed by atoms with Crippen LogP contribution in [-0.2, 0) is 16.2 Å². The molecule has 0 aliphatic carbocycles. The first-order chi connectivity index (χ1) is 10.2. The van der Waals surface area contributed by atoms with Gasteiger partial charge in [-0.05, 0) is 48.5 Å². The third kappa shape index (κ3) is 5.51. The second-order valence-corrected chi connectivity index (χ2v) is 13.1. The first kappa shape index (κ1) is 19.4. The van der Waals surface area contributed by atoms with Crippen molar-refractivity contribution in [1.29, 1.82) is 0 Å². The number of carbonyl (C=O) groups is 1. The van der Waals surface area contributed by atoms with Crippen LogP contribution in [0, 0.1) is 10.5 Å². The molecule has 0 unspecified atom stereocenters. The van der Waals surface area contributed by atoms with Crippen molar-refractivity contribution in [1.82, 2.24) is 4.57 Å². The Morgan fingerprint density at radius 3 is 2.55 bits per heavy atom. The number of hydrogen-bond acceptors (Lipinski definition) is 4. The minimum atomic E-state index is -1.16. The van der Waals surface area contributed by atoms with Crippen molar-refractivity contribution >= 4 is 36.6 Å². The molecule has 1 rings (SSSR count). The summed E-state index contributed by atoms with van der Waals surface area (Å²) >= 11 is 1.94. The normalized spacial score (nSPS) is 11.5. The number of aromatic nitrogens is 1. The molecule has 0 saturated carbocycles. The fourth-order valence-electron chi connectivity index (χ4n) is 1.82. The molecule has 0 radical (unpaired) electrons. The minimum Gasteiger partial charge on any atom is -0.462 e. The molecule has 0 spiro atoms. The van der Waals surface area contributed by atoms with Crippen LogP contribution in [0.25, 0.3) is 0 Å². The zero-order valence-electron chi connectivity index (χ0n) is 13.9. The fraction of sp³-hybridized carbons (Fsp3) is 0.600. The van der Waals surface area contributed by atoms with Gasteiger partial charge in [-0.2, -0.15) is 0 Å². The fourth-order valence-corrected chi connectivity index (χ4v) is 3.18. The van der Waals surface area contributed by atoms with Gasteiger partial charge in [0.2, 0.25) is 0 Å². The minimum absolute atomic E-state index is 0.140. The van der Waals surface area contributed by atoms with Gasteiger partial charge >= 0.3 is 5.97 Å². The molecule has 1 aromatic rings. The Morgan fingerprint density at radius 1 is 1.36 bits per heavy atom. The van der Waals surface area contributed by atoms with Gasteiger partial charge in [0.05, 0.1) is 15.7 Å². The maximum Gasteiger partial charge on any atom is 0.339 e. The van der Waals surface area contributed by atoms with Crippen LogP contribution in [0.15, 0.2) is 10.9 Å². The van der Waals surface area contributed by atoms with Crippen LogP contribution in [-0.4, -0.2) is 31.8 Å². The lowest BCUT2D eigenvalue weighted by Gasteiger charge is -2.17. The lowest BCUT2D eigenvalue weighted by Crippen LogP contribution is -2.29. The Labute approximate surface area is 146 Å². The molecule has 1 aromatic heterocycles. The Kier molecular flexibility index (Phi) is 7.27. The van der Waals surface area contributed by atoms with E-state index in [9.17, 15) is 9.59 Å². The summed E-state index contributed by atoms with van der Waals surface area (Å²) in [5.74, 6) is -0.409. The van der Waals surface area contributed by atoms with E-state index >= 15 is 0 Å². The molecular weight excluding hydrogens is 413 g/mol. The van der Waals surface area contributed by atoms with Gasteiger partial charge in [0.1, 0.15) is 6.73 Å². The maximum absolute atomic E-state index is 12.2. The lowest BCUT2D eigenvalue weighted by atomic mass is 10.2. The molecule has 124 valence electrons. The number of halogens is 1. The van der Waals surface area contributed by atoms with Crippen molar-refractivity contribution in [3.63, 3.8) is 0 Å². The van der Waals surface area contributed by atoms with Gasteiger partial charge in [0.15, 0.2) is 0 Å². The van der Waals surface area contributed by atoms with Gasteiger partial charge in [-0.3, -0.25) is 9.36 Å². The SMILES string of the molecule is CCOC(=O)c1cc(I)c(=O)n(COCC[Si](C)(C)C)c1C. The van der Waals surface area contributed by atoms with Crippen molar-refractivity contribution in [2.75, 3.05) is 13.2 Å². The third-order valence-electron chi connectivity index (χ3n) is 3.23. The van der Waals surface area contributed by atoms with Crippen LogP contribution < -0.4 is 5.56 Å². The largest absolute Gasteiger partial charge is 0.462 e. The highest BCUT2D eigenvalue weighted by Gasteiger charge is 2.17. The van der Waals surface area contributed by atoms with Crippen LogP contribution in [0.5, 0.6) is 0 Å². The molecule has 0 aliphatic heterocycles. The van der Waals surface area contributed by atoms with Crippen molar-refractivity contribution < 1.29 is 14.3 Å². The molecule has 7 heteroatoms. The molecule has 5 nitrogen and oxygen atoms in total. The molecule has 0 N–H and O–H groups in total. The average Bonchev–Trinajstić information content (AvgIpc) is 2.41. The van der Waals surface area contributed by atoms with Gasteiger partial charge in [0.25, 0.3) is 5.56 Å². The van der Waals surface area contributed by atoms with E-state index in [0.717, 1.165) is 6.04 Å². The van der Waals surface area contributed by atoms with Crippen LogP contribution in [0.3, 0.4) is 0 Å². The standard InChI is InChI=1S/C15H24INO4Si/c1-6-21-15(19)12-9-13(16)14(18)17(11(12)2)10-20-7-8-22(3,4)5/h9H,6-8,10H2,1-5H3. The molecule has 0 fully saturated rings. The molecule has 1 heterocycles. The van der Waals surface area contributed by atoms with E-state index in [4.69, 9.17) is 9.47 Å². The molecular formula is C15H24INO4Si. The third-order valence-corrected chi connectivity index (χ3v) is 5.70. The summed E-state index contributed by atoms with van der Waals surface area (Å²) in [6.07, 6.45) is 0. The predicted molar refractivity (Wildman–Crippen MR) is 98.2 cm³/mol. The first-order valence-electron chi connectivity index (χ1n) is 7.32. The number of esters is 1. The van der Waals surface area contributed by atoms with E-state index in [-0.39, 0.29) is 12.3 Å². The second-order valence-electron chi connectivity index (χ2n) is 6.29. The monoisotopic (exact) mass is 437 g/mol. The number of rotatable bonds is 7. The van der Waals surface area contributed by atoms with Gasteiger partial charge in [-0.1, -0.05) is 19.6 Å². The highest BCUT2D eigenvalue weighted by molar-refractivity contribution is 14.1. The van der Waals surface area contributed by atoms with Crippen molar-refractivity contribution in [3.05, 3.63) is 31.2 Å².